The fraction of sp³-hybridized carbons (Fsp3) is 0.500. The van der Waals surface area contributed by atoms with Crippen LogP contribution < -0.4 is 15.4 Å². The number of amides is 1. The van der Waals surface area contributed by atoms with Gasteiger partial charge in [-0.1, -0.05) is 0 Å². The average Bonchev–Trinajstić information content (AvgIpc) is 2.46. The number of methoxy groups -OCH3 is 1. The quantitative estimate of drug-likeness (QED) is 0.868. The van der Waals surface area contributed by atoms with Gasteiger partial charge in [0.1, 0.15) is 5.75 Å². The lowest BCUT2D eigenvalue weighted by atomic mass is 10.1. The lowest BCUT2D eigenvalue weighted by molar-refractivity contribution is -0.129. The van der Waals surface area contributed by atoms with Crippen LogP contribution in [0.25, 0.3) is 0 Å². The first kappa shape index (κ1) is 13.7. The molecule has 1 aliphatic rings. The maximum absolute atomic E-state index is 11.5. The summed E-state index contributed by atoms with van der Waals surface area (Å²) in [5.74, 6) is 0.936. The fourth-order valence-electron chi connectivity index (χ4n) is 2.40. The van der Waals surface area contributed by atoms with Crippen LogP contribution in [-0.2, 0) is 4.79 Å². The number of benzene rings is 1. The van der Waals surface area contributed by atoms with Crippen LogP contribution in [0.2, 0.25) is 0 Å². The minimum Gasteiger partial charge on any atom is -0.496 e. The summed E-state index contributed by atoms with van der Waals surface area (Å²) in [7, 11) is 1.68. The second kappa shape index (κ2) is 5.93. The third-order valence-electron chi connectivity index (χ3n) is 3.55. The van der Waals surface area contributed by atoms with Crippen LogP contribution in [0.4, 0.5) is 5.69 Å². The molecule has 5 nitrogen and oxygen atoms in total. The SMILES string of the molecule is COc1ccc(N2CCN(C(=O)CN)CC2)cc1C. The molecule has 0 aromatic heterocycles. The highest BCUT2D eigenvalue weighted by molar-refractivity contribution is 5.78. The second-order valence-electron chi connectivity index (χ2n) is 4.73. The van der Waals surface area contributed by atoms with Gasteiger partial charge in [-0.3, -0.25) is 4.79 Å². The maximum atomic E-state index is 11.5. The van der Waals surface area contributed by atoms with E-state index < -0.39 is 0 Å². The molecule has 5 heteroatoms. The Morgan fingerprint density at radius 3 is 2.53 bits per heavy atom. The summed E-state index contributed by atoms with van der Waals surface area (Å²) >= 11 is 0. The van der Waals surface area contributed by atoms with Gasteiger partial charge in [0.2, 0.25) is 5.91 Å². The zero-order valence-electron chi connectivity index (χ0n) is 11.6. The highest BCUT2D eigenvalue weighted by Crippen LogP contribution is 2.24. The van der Waals surface area contributed by atoms with Gasteiger partial charge in [-0.15, -0.1) is 0 Å². The third kappa shape index (κ3) is 2.98. The summed E-state index contributed by atoms with van der Waals surface area (Å²) in [5, 5.41) is 0. The Kier molecular flexibility index (Phi) is 4.27. The summed E-state index contributed by atoms with van der Waals surface area (Å²) in [5.41, 5.74) is 7.69. The number of nitrogens with zero attached hydrogens (tertiary/aromatic N) is 2. The van der Waals surface area contributed by atoms with Crippen molar-refractivity contribution in [2.75, 3.05) is 44.7 Å². The van der Waals surface area contributed by atoms with Crippen LogP contribution >= 0.6 is 0 Å². The van der Waals surface area contributed by atoms with Gasteiger partial charge >= 0.3 is 0 Å². The number of carbonyl (C=O) groups excluding carboxylic acids is 1. The normalized spacial score (nSPS) is 15.5. The molecule has 0 spiro atoms. The molecule has 0 saturated carbocycles. The van der Waals surface area contributed by atoms with E-state index in [1.807, 2.05) is 17.9 Å². The van der Waals surface area contributed by atoms with Crippen molar-refractivity contribution in [3.05, 3.63) is 23.8 Å². The summed E-state index contributed by atoms with van der Waals surface area (Å²) in [6, 6.07) is 6.17. The summed E-state index contributed by atoms with van der Waals surface area (Å²) in [4.78, 5) is 15.6. The molecule has 19 heavy (non-hydrogen) atoms. The van der Waals surface area contributed by atoms with Gasteiger partial charge in [-0.25, -0.2) is 0 Å². The number of hydrogen-bond donors (Lipinski definition) is 1. The molecule has 0 radical (unpaired) electrons. The Bertz CT molecular complexity index is 454. The van der Waals surface area contributed by atoms with Crippen LogP contribution in [0.5, 0.6) is 5.75 Å². The molecule has 1 amide bonds. The highest BCUT2D eigenvalue weighted by Gasteiger charge is 2.20. The zero-order valence-corrected chi connectivity index (χ0v) is 11.6. The molecule has 1 fully saturated rings. The Morgan fingerprint density at radius 1 is 1.32 bits per heavy atom. The molecule has 2 N–H and O–H groups in total. The molecule has 104 valence electrons. The second-order valence-corrected chi connectivity index (χ2v) is 4.73. The van der Waals surface area contributed by atoms with Crippen LogP contribution in [0.3, 0.4) is 0 Å². The number of carbonyl (C=O) groups is 1. The number of nitrogens with two attached hydrogens (primary N) is 1. The van der Waals surface area contributed by atoms with Crippen molar-refractivity contribution in [1.82, 2.24) is 4.90 Å². The first-order chi connectivity index (χ1) is 9.15. The van der Waals surface area contributed by atoms with E-state index in [1.54, 1.807) is 7.11 Å². The molecule has 0 unspecified atom stereocenters. The van der Waals surface area contributed by atoms with Crippen molar-refractivity contribution in [1.29, 1.82) is 0 Å². The van der Waals surface area contributed by atoms with Gasteiger partial charge in [0.25, 0.3) is 0 Å². The van der Waals surface area contributed by atoms with Crippen molar-refractivity contribution >= 4 is 11.6 Å². The third-order valence-corrected chi connectivity index (χ3v) is 3.55. The van der Waals surface area contributed by atoms with Gasteiger partial charge in [-0.2, -0.15) is 0 Å². The monoisotopic (exact) mass is 263 g/mol. The van der Waals surface area contributed by atoms with Gasteiger partial charge in [0.15, 0.2) is 0 Å². The van der Waals surface area contributed by atoms with Crippen molar-refractivity contribution in [2.45, 2.75) is 6.92 Å². The van der Waals surface area contributed by atoms with E-state index in [0.717, 1.165) is 37.5 Å². The van der Waals surface area contributed by atoms with Crippen LogP contribution in [0.15, 0.2) is 18.2 Å². The largest absolute Gasteiger partial charge is 0.496 e. The molecule has 1 heterocycles. The zero-order chi connectivity index (χ0) is 13.8. The number of aryl methyl sites for hydroxylation is 1. The number of ether oxygens (including phenoxy) is 1. The van der Waals surface area contributed by atoms with E-state index in [0.29, 0.717) is 0 Å². The van der Waals surface area contributed by atoms with Crippen LogP contribution in [0, 0.1) is 6.92 Å². The summed E-state index contributed by atoms with van der Waals surface area (Å²) < 4.78 is 5.27. The van der Waals surface area contributed by atoms with Crippen molar-refractivity contribution in [3.63, 3.8) is 0 Å². The first-order valence-electron chi connectivity index (χ1n) is 6.53. The lowest BCUT2D eigenvalue weighted by Gasteiger charge is -2.36. The molecule has 2 rings (SSSR count). The summed E-state index contributed by atoms with van der Waals surface area (Å²) in [6.45, 7) is 5.30. The van der Waals surface area contributed by atoms with E-state index in [4.69, 9.17) is 10.5 Å². The van der Waals surface area contributed by atoms with Crippen LogP contribution in [-0.4, -0.2) is 50.6 Å². The Labute approximate surface area is 113 Å². The van der Waals surface area contributed by atoms with E-state index in [2.05, 4.69) is 17.0 Å². The molecule has 1 saturated heterocycles. The van der Waals surface area contributed by atoms with Gasteiger partial charge in [-0.05, 0) is 30.7 Å². The molecule has 0 aliphatic carbocycles. The number of rotatable bonds is 3. The minimum absolute atomic E-state index is 0.0329. The number of piperazine rings is 1. The smallest absolute Gasteiger partial charge is 0.236 e. The highest BCUT2D eigenvalue weighted by atomic mass is 16.5. The standard InChI is InChI=1S/C14H21N3O2/c1-11-9-12(3-4-13(11)19-2)16-5-7-17(8-6-16)14(18)10-15/h3-4,9H,5-8,10,15H2,1-2H3. The van der Waals surface area contributed by atoms with Crippen molar-refractivity contribution in [3.8, 4) is 5.75 Å². The van der Waals surface area contributed by atoms with E-state index >= 15 is 0 Å². The van der Waals surface area contributed by atoms with E-state index in [1.165, 1.54) is 5.69 Å². The fourth-order valence-corrected chi connectivity index (χ4v) is 2.40. The molecule has 1 aliphatic heterocycles. The minimum atomic E-state index is 0.0329. The van der Waals surface area contributed by atoms with Gasteiger partial charge < -0.3 is 20.3 Å². The van der Waals surface area contributed by atoms with Crippen LogP contribution in [0.1, 0.15) is 5.56 Å². The first-order valence-corrected chi connectivity index (χ1v) is 6.53. The maximum Gasteiger partial charge on any atom is 0.236 e. The molecular formula is C14H21N3O2. The predicted octanol–water partition coefficient (Wildman–Crippen LogP) is 0.611. The van der Waals surface area contributed by atoms with Crippen molar-refractivity contribution < 1.29 is 9.53 Å². The number of anilines is 1. The average molecular weight is 263 g/mol. The Morgan fingerprint density at radius 2 is 2.00 bits per heavy atom. The van der Waals surface area contributed by atoms with Crippen molar-refractivity contribution in [2.24, 2.45) is 5.73 Å². The van der Waals surface area contributed by atoms with Gasteiger partial charge in [0, 0.05) is 31.9 Å². The molecule has 1 aromatic carbocycles. The number of hydrogen-bond acceptors (Lipinski definition) is 4. The predicted molar refractivity (Wildman–Crippen MR) is 75.6 cm³/mol. The topological polar surface area (TPSA) is 58.8 Å². The Balaban J connectivity index is 2.01. The van der Waals surface area contributed by atoms with E-state index in [9.17, 15) is 4.79 Å². The Hall–Kier alpha value is -1.75. The lowest BCUT2D eigenvalue weighted by Crippen LogP contribution is -2.50. The molecular weight excluding hydrogens is 242 g/mol. The molecule has 0 atom stereocenters. The molecule has 1 aromatic rings. The summed E-state index contributed by atoms with van der Waals surface area (Å²) in [6.07, 6.45) is 0. The van der Waals surface area contributed by atoms with E-state index in [-0.39, 0.29) is 12.5 Å². The van der Waals surface area contributed by atoms with Gasteiger partial charge in [0.05, 0.1) is 13.7 Å². The molecule has 0 bridgehead atoms.